The van der Waals surface area contributed by atoms with Gasteiger partial charge in [-0.1, -0.05) is 48.5 Å². The Balaban J connectivity index is 1.46. The third kappa shape index (κ3) is 2.99. The molecule has 2 aliphatic rings. The molecule has 0 unspecified atom stereocenters. The van der Waals surface area contributed by atoms with E-state index in [1.165, 1.54) is 5.56 Å². The Morgan fingerprint density at radius 1 is 1.10 bits per heavy atom. The summed E-state index contributed by atoms with van der Waals surface area (Å²) < 4.78 is 0. The van der Waals surface area contributed by atoms with Gasteiger partial charge >= 0.3 is 0 Å². The van der Waals surface area contributed by atoms with Crippen molar-refractivity contribution in [3.8, 4) is 0 Å². The van der Waals surface area contributed by atoms with Gasteiger partial charge < -0.3 is 10.0 Å². The average molecular weight is 406 g/mol. The number of thiazole rings is 1. The second-order valence-electron chi connectivity index (χ2n) is 7.85. The van der Waals surface area contributed by atoms with Crippen molar-refractivity contribution in [2.24, 2.45) is 0 Å². The lowest BCUT2D eigenvalue weighted by Gasteiger charge is -2.70. The number of hydrogen-bond acceptors (Lipinski definition) is 5. The van der Waals surface area contributed by atoms with Crippen LogP contribution < -0.4 is 0 Å². The molecule has 0 saturated carbocycles. The Morgan fingerprint density at radius 3 is 2.41 bits per heavy atom. The van der Waals surface area contributed by atoms with Crippen molar-refractivity contribution in [3.05, 3.63) is 88.4 Å². The first kappa shape index (κ1) is 18.5. The minimum atomic E-state index is -0.279. The molecule has 1 spiro atoms. The van der Waals surface area contributed by atoms with Crippen molar-refractivity contribution >= 4 is 17.2 Å². The minimum Gasteiger partial charge on any atom is -0.394 e. The van der Waals surface area contributed by atoms with Gasteiger partial charge in [0.05, 0.1) is 24.7 Å². The van der Waals surface area contributed by atoms with Crippen LogP contribution in [0.15, 0.2) is 72.2 Å². The van der Waals surface area contributed by atoms with Crippen molar-refractivity contribution in [2.75, 3.05) is 19.7 Å². The molecule has 0 aliphatic carbocycles. The summed E-state index contributed by atoms with van der Waals surface area (Å²) in [6.07, 6.45) is 1.83. The van der Waals surface area contributed by atoms with E-state index in [1.807, 2.05) is 65.0 Å². The van der Waals surface area contributed by atoms with E-state index in [1.54, 1.807) is 11.3 Å². The summed E-state index contributed by atoms with van der Waals surface area (Å²) in [5.74, 6) is 0.139. The number of amides is 1. The monoisotopic (exact) mass is 405 g/mol. The van der Waals surface area contributed by atoms with Crippen LogP contribution in [0.5, 0.6) is 0 Å². The zero-order valence-electron chi connectivity index (χ0n) is 16.0. The molecule has 148 valence electrons. The van der Waals surface area contributed by atoms with Crippen LogP contribution in [0.1, 0.15) is 26.8 Å². The van der Waals surface area contributed by atoms with Crippen molar-refractivity contribution in [3.63, 3.8) is 0 Å². The molecular weight excluding hydrogens is 382 g/mol. The molecule has 1 aromatic heterocycles. The highest BCUT2D eigenvalue weighted by Crippen LogP contribution is 2.54. The molecule has 29 heavy (non-hydrogen) atoms. The van der Waals surface area contributed by atoms with E-state index in [4.69, 9.17) is 0 Å². The number of hydrogen-bond donors (Lipinski definition) is 1. The largest absolute Gasteiger partial charge is 0.394 e. The van der Waals surface area contributed by atoms with Crippen LogP contribution in [-0.4, -0.2) is 57.1 Å². The fourth-order valence-electron chi connectivity index (χ4n) is 5.07. The molecule has 2 saturated heterocycles. The number of carbonyl (C=O) groups excluding carboxylic acids is 1. The predicted molar refractivity (Wildman–Crippen MR) is 113 cm³/mol. The van der Waals surface area contributed by atoms with Crippen LogP contribution in [-0.2, 0) is 6.54 Å². The van der Waals surface area contributed by atoms with E-state index in [0.717, 1.165) is 24.6 Å². The zero-order chi connectivity index (χ0) is 19.8. The Hall–Kier alpha value is -2.54. The molecule has 2 atom stereocenters. The van der Waals surface area contributed by atoms with Crippen LogP contribution in [0.3, 0.4) is 0 Å². The van der Waals surface area contributed by atoms with Crippen LogP contribution in [0, 0.1) is 0 Å². The van der Waals surface area contributed by atoms with Gasteiger partial charge in [-0.05, 0) is 17.7 Å². The van der Waals surface area contributed by atoms with E-state index in [0.29, 0.717) is 5.56 Å². The molecule has 1 amide bonds. The van der Waals surface area contributed by atoms with Gasteiger partial charge in [0.2, 0.25) is 0 Å². The Labute approximate surface area is 174 Å². The molecule has 2 aliphatic heterocycles. The van der Waals surface area contributed by atoms with Gasteiger partial charge in [-0.15, -0.1) is 11.3 Å². The number of carbonyl (C=O) groups is 1. The van der Waals surface area contributed by atoms with E-state index in [9.17, 15) is 9.90 Å². The minimum absolute atomic E-state index is 0.00531. The number of aliphatic hydroxyl groups excluding tert-OH is 1. The molecule has 0 bridgehead atoms. The van der Waals surface area contributed by atoms with Crippen LogP contribution in [0.2, 0.25) is 0 Å². The number of likely N-dealkylation sites (tertiary alicyclic amines) is 2. The van der Waals surface area contributed by atoms with Gasteiger partial charge in [-0.25, -0.2) is 4.98 Å². The third-order valence-electron chi connectivity index (χ3n) is 6.20. The first-order valence-electron chi connectivity index (χ1n) is 9.88. The smallest absolute Gasteiger partial charge is 0.254 e. The fourth-order valence-corrected chi connectivity index (χ4v) is 5.73. The number of nitrogens with zero attached hydrogens (tertiary/aromatic N) is 3. The van der Waals surface area contributed by atoms with Gasteiger partial charge in [0.25, 0.3) is 5.91 Å². The number of aliphatic hydroxyl groups is 1. The molecule has 6 heteroatoms. The average Bonchev–Trinajstić information content (AvgIpc) is 3.24. The highest BCUT2D eigenvalue weighted by atomic mass is 32.1. The SMILES string of the molecule is O=C(c1ccccc1)N1[C@H](CO)[C@H](c2ccccc2)C12CN(Cc1nccs1)C2. The summed E-state index contributed by atoms with van der Waals surface area (Å²) in [5, 5.41) is 13.3. The Kier molecular flexibility index (Phi) is 4.70. The van der Waals surface area contributed by atoms with Gasteiger partial charge in [-0.2, -0.15) is 0 Å². The fraction of sp³-hybridized carbons (Fsp3) is 0.304. The summed E-state index contributed by atoms with van der Waals surface area (Å²) in [7, 11) is 0. The first-order chi connectivity index (χ1) is 14.2. The molecule has 3 heterocycles. The van der Waals surface area contributed by atoms with Crippen LogP contribution >= 0.6 is 11.3 Å². The van der Waals surface area contributed by atoms with E-state index in [2.05, 4.69) is 22.0 Å². The molecule has 1 N–H and O–H groups in total. The molecule has 5 rings (SSSR count). The van der Waals surface area contributed by atoms with E-state index < -0.39 is 0 Å². The van der Waals surface area contributed by atoms with Gasteiger partial charge in [0, 0.05) is 36.1 Å². The zero-order valence-corrected chi connectivity index (χ0v) is 16.8. The molecular formula is C23H23N3O2S. The number of aromatic nitrogens is 1. The summed E-state index contributed by atoms with van der Waals surface area (Å²) in [6, 6.07) is 19.5. The summed E-state index contributed by atoms with van der Waals surface area (Å²) >= 11 is 1.66. The lowest BCUT2D eigenvalue weighted by Crippen LogP contribution is -2.85. The summed E-state index contributed by atoms with van der Waals surface area (Å²) in [4.78, 5) is 22.1. The molecule has 5 nitrogen and oxygen atoms in total. The second kappa shape index (κ2) is 7.37. The maximum Gasteiger partial charge on any atom is 0.254 e. The lowest BCUT2D eigenvalue weighted by atomic mass is 9.60. The molecule has 2 aromatic carbocycles. The standard InChI is InChI=1S/C23H23N3O2S/c27-14-19-21(17-7-3-1-4-8-17)23(15-25(16-23)13-20-24-11-12-29-20)26(19)22(28)18-9-5-2-6-10-18/h1-12,19,21,27H,13-16H2/t19-,21+/m1/s1. The quantitative estimate of drug-likeness (QED) is 0.709. The highest BCUT2D eigenvalue weighted by Gasteiger charge is 2.67. The maximum absolute atomic E-state index is 13.4. The summed E-state index contributed by atoms with van der Waals surface area (Å²) in [5.41, 5.74) is 1.59. The predicted octanol–water partition coefficient (Wildman–Crippen LogP) is 3.00. The Bertz CT molecular complexity index is 972. The summed E-state index contributed by atoms with van der Waals surface area (Å²) in [6.45, 7) is 2.35. The molecule has 3 aromatic rings. The van der Waals surface area contributed by atoms with E-state index in [-0.39, 0.29) is 30.0 Å². The second-order valence-corrected chi connectivity index (χ2v) is 8.83. The Morgan fingerprint density at radius 2 is 1.79 bits per heavy atom. The maximum atomic E-state index is 13.4. The van der Waals surface area contributed by atoms with Gasteiger partial charge in [0.1, 0.15) is 5.01 Å². The third-order valence-corrected chi connectivity index (χ3v) is 6.96. The normalized spacial score (nSPS) is 22.9. The lowest BCUT2D eigenvalue weighted by molar-refractivity contribution is -0.166. The van der Waals surface area contributed by atoms with Crippen molar-refractivity contribution < 1.29 is 9.90 Å². The number of rotatable bonds is 5. The van der Waals surface area contributed by atoms with Gasteiger partial charge in [0.15, 0.2) is 0 Å². The van der Waals surface area contributed by atoms with Crippen LogP contribution in [0.4, 0.5) is 0 Å². The first-order valence-corrected chi connectivity index (χ1v) is 10.8. The van der Waals surface area contributed by atoms with Crippen molar-refractivity contribution in [1.29, 1.82) is 0 Å². The molecule has 2 fully saturated rings. The number of benzene rings is 2. The topological polar surface area (TPSA) is 56.7 Å². The highest BCUT2D eigenvalue weighted by molar-refractivity contribution is 7.09. The van der Waals surface area contributed by atoms with Crippen LogP contribution in [0.25, 0.3) is 0 Å². The molecule has 0 radical (unpaired) electrons. The van der Waals surface area contributed by atoms with Gasteiger partial charge in [-0.3, -0.25) is 9.69 Å². The van der Waals surface area contributed by atoms with Crippen molar-refractivity contribution in [1.82, 2.24) is 14.8 Å². The van der Waals surface area contributed by atoms with Crippen molar-refractivity contribution in [2.45, 2.75) is 24.0 Å². The van der Waals surface area contributed by atoms with E-state index >= 15 is 0 Å².